The minimum Gasteiger partial charge on any atom is -0.483 e. The predicted octanol–water partition coefficient (Wildman–Crippen LogP) is 2.75. The number of para-hydroxylation sites is 1. The van der Waals surface area contributed by atoms with E-state index in [1.807, 2.05) is 24.3 Å². The van der Waals surface area contributed by atoms with Crippen LogP contribution in [0, 0.1) is 5.82 Å². The van der Waals surface area contributed by atoms with Crippen molar-refractivity contribution in [2.75, 3.05) is 6.61 Å². The summed E-state index contributed by atoms with van der Waals surface area (Å²) in [4.78, 5) is 13.7. The number of nitrogens with zero attached hydrogens (tertiary/aromatic N) is 1. The number of rotatable bonds is 2. The van der Waals surface area contributed by atoms with Crippen LogP contribution in [0.4, 0.5) is 4.39 Å². The highest BCUT2D eigenvalue weighted by Gasteiger charge is 2.22. The number of halogens is 1. The van der Waals surface area contributed by atoms with Crippen molar-refractivity contribution >= 4 is 5.91 Å². The number of amides is 1. The van der Waals surface area contributed by atoms with E-state index in [9.17, 15) is 9.18 Å². The second kappa shape index (κ2) is 5.33. The van der Waals surface area contributed by atoms with Crippen LogP contribution in [0.2, 0.25) is 0 Å². The third-order valence-corrected chi connectivity index (χ3v) is 3.36. The number of ether oxygens (including phenoxy) is 1. The van der Waals surface area contributed by atoms with Gasteiger partial charge in [-0.1, -0.05) is 36.4 Å². The summed E-state index contributed by atoms with van der Waals surface area (Å²) in [5, 5.41) is 0. The normalized spacial score (nSPS) is 14.4. The molecule has 102 valence electrons. The summed E-state index contributed by atoms with van der Waals surface area (Å²) in [5.41, 5.74) is 1.45. The van der Waals surface area contributed by atoms with Crippen molar-refractivity contribution in [2.45, 2.75) is 13.1 Å². The summed E-state index contributed by atoms with van der Waals surface area (Å²) in [6, 6.07) is 14.0. The van der Waals surface area contributed by atoms with E-state index in [4.69, 9.17) is 4.74 Å². The van der Waals surface area contributed by atoms with E-state index in [1.54, 1.807) is 23.1 Å². The largest absolute Gasteiger partial charge is 0.483 e. The second-order valence-corrected chi connectivity index (χ2v) is 4.74. The molecule has 2 aromatic carbocycles. The van der Waals surface area contributed by atoms with Crippen LogP contribution in [0.5, 0.6) is 5.75 Å². The van der Waals surface area contributed by atoms with Gasteiger partial charge in [-0.25, -0.2) is 4.39 Å². The Hall–Kier alpha value is -2.36. The molecule has 0 aliphatic carbocycles. The Morgan fingerprint density at radius 1 is 1.10 bits per heavy atom. The fourth-order valence-corrected chi connectivity index (χ4v) is 2.28. The maximum absolute atomic E-state index is 13.7. The average Bonchev–Trinajstić information content (AvgIpc) is 2.62. The Bertz CT molecular complexity index is 642. The van der Waals surface area contributed by atoms with Crippen molar-refractivity contribution < 1.29 is 13.9 Å². The fourth-order valence-electron chi connectivity index (χ4n) is 2.28. The van der Waals surface area contributed by atoms with Crippen molar-refractivity contribution in [2.24, 2.45) is 0 Å². The number of hydrogen-bond donors (Lipinski definition) is 0. The van der Waals surface area contributed by atoms with Crippen LogP contribution in [-0.2, 0) is 17.9 Å². The van der Waals surface area contributed by atoms with Gasteiger partial charge in [-0.15, -0.1) is 0 Å². The number of hydrogen-bond acceptors (Lipinski definition) is 2. The standard InChI is InChI=1S/C16H14FNO2/c17-14-7-3-1-5-12(14)9-18-10-13-6-2-4-8-15(13)20-11-16(18)19/h1-8H,9-11H2. The quantitative estimate of drug-likeness (QED) is 0.840. The molecule has 0 spiro atoms. The van der Waals surface area contributed by atoms with E-state index in [-0.39, 0.29) is 24.9 Å². The maximum atomic E-state index is 13.7. The first-order valence-corrected chi connectivity index (χ1v) is 6.46. The summed E-state index contributed by atoms with van der Waals surface area (Å²) < 4.78 is 19.2. The van der Waals surface area contributed by atoms with Crippen LogP contribution in [0.15, 0.2) is 48.5 Å². The van der Waals surface area contributed by atoms with E-state index in [0.29, 0.717) is 12.1 Å². The first kappa shape index (κ1) is 12.7. The molecule has 0 saturated carbocycles. The minimum absolute atomic E-state index is 0.00847. The number of carbonyl (C=O) groups is 1. The van der Waals surface area contributed by atoms with Gasteiger partial charge in [0.1, 0.15) is 11.6 Å². The first-order valence-electron chi connectivity index (χ1n) is 6.46. The Morgan fingerprint density at radius 3 is 2.70 bits per heavy atom. The highest BCUT2D eigenvalue weighted by Crippen LogP contribution is 2.24. The smallest absolute Gasteiger partial charge is 0.261 e. The van der Waals surface area contributed by atoms with Gasteiger partial charge in [0, 0.05) is 24.2 Å². The van der Waals surface area contributed by atoms with Crippen molar-refractivity contribution in [3.05, 3.63) is 65.5 Å². The molecule has 0 aromatic heterocycles. The topological polar surface area (TPSA) is 29.5 Å². The summed E-state index contributed by atoms with van der Waals surface area (Å²) in [6.07, 6.45) is 0. The van der Waals surface area contributed by atoms with Gasteiger partial charge in [0.25, 0.3) is 5.91 Å². The number of carbonyl (C=O) groups excluding carboxylic acids is 1. The zero-order valence-electron chi connectivity index (χ0n) is 10.9. The third-order valence-electron chi connectivity index (χ3n) is 3.36. The molecule has 3 rings (SSSR count). The van der Waals surface area contributed by atoms with Gasteiger partial charge in [0.15, 0.2) is 6.61 Å². The Morgan fingerprint density at radius 2 is 1.85 bits per heavy atom. The number of fused-ring (bicyclic) bond motifs is 1. The Kier molecular flexibility index (Phi) is 3.37. The highest BCUT2D eigenvalue weighted by molar-refractivity contribution is 5.78. The zero-order chi connectivity index (χ0) is 13.9. The number of benzene rings is 2. The fraction of sp³-hybridized carbons (Fsp3) is 0.188. The van der Waals surface area contributed by atoms with Crippen LogP contribution in [0.25, 0.3) is 0 Å². The molecule has 0 unspecified atom stereocenters. The van der Waals surface area contributed by atoms with E-state index in [1.165, 1.54) is 6.07 Å². The molecular weight excluding hydrogens is 257 g/mol. The molecule has 0 saturated heterocycles. The van der Waals surface area contributed by atoms with Gasteiger partial charge < -0.3 is 9.64 Å². The zero-order valence-corrected chi connectivity index (χ0v) is 10.9. The molecule has 0 N–H and O–H groups in total. The molecule has 0 bridgehead atoms. The van der Waals surface area contributed by atoms with Crippen LogP contribution in [0.1, 0.15) is 11.1 Å². The molecule has 1 aliphatic heterocycles. The summed E-state index contributed by atoms with van der Waals surface area (Å²) in [6.45, 7) is 0.679. The van der Waals surface area contributed by atoms with E-state index in [0.717, 1.165) is 11.3 Å². The van der Waals surface area contributed by atoms with Crippen molar-refractivity contribution in [3.63, 3.8) is 0 Å². The van der Waals surface area contributed by atoms with Gasteiger partial charge >= 0.3 is 0 Å². The van der Waals surface area contributed by atoms with Crippen molar-refractivity contribution in [1.29, 1.82) is 0 Å². The van der Waals surface area contributed by atoms with Crippen molar-refractivity contribution in [1.82, 2.24) is 4.90 Å². The highest BCUT2D eigenvalue weighted by atomic mass is 19.1. The molecule has 1 amide bonds. The summed E-state index contributed by atoms with van der Waals surface area (Å²) >= 11 is 0. The van der Waals surface area contributed by atoms with Crippen LogP contribution >= 0.6 is 0 Å². The first-order chi connectivity index (χ1) is 9.74. The Labute approximate surface area is 116 Å². The van der Waals surface area contributed by atoms with E-state index in [2.05, 4.69) is 0 Å². The third kappa shape index (κ3) is 2.50. The maximum Gasteiger partial charge on any atom is 0.261 e. The van der Waals surface area contributed by atoms with Gasteiger partial charge in [0.2, 0.25) is 0 Å². The molecule has 0 atom stereocenters. The SMILES string of the molecule is O=C1COc2ccccc2CN1Cc1ccccc1F. The minimum atomic E-state index is -0.293. The van der Waals surface area contributed by atoms with Crippen molar-refractivity contribution in [3.8, 4) is 5.75 Å². The molecule has 1 heterocycles. The van der Waals surface area contributed by atoms with E-state index < -0.39 is 0 Å². The molecule has 0 radical (unpaired) electrons. The van der Waals surface area contributed by atoms with Gasteiger partial charge in [-0.05, 0) is 12.1 Å². The average molecular weight is 271 g/mol. The summed E-state index contributed by atoms with van der Waals surface area (Å²) in [7, 11) is 0. The van der Waals surface area contributed by atoms with Gasteiger partial charge in [-0.3, -0.25) is 4.79 Å². The molecule has 20 heavy (non-hydrogen) atoms. The van der Waals surface area contributed by atoms with Crippen LogP contribution in [0.3, 0.4) is 0 Å². The summed E-state index contributed by atoms with van der Waals surface area (Å²) in [5.74, 6) is 0.292. The second-order valence-electron chi connectivity index (χ2n) is 4.74. The van der Waals surface area contributed by atoms with Gasteiger partial charge in [-0.2, -0.15) is 0 Å². The molecular formula is C16H14FNO2. The lowest BCUT2D eigenvalue weighted by atomic mass is 10.1. The molecule has 4 heteroatoms. The molecule has 2 aromatic rings. The lowest BCUT2D eigenvalue weighted by Crippen LogP contribution is -2.32. The van der Waals surface area contributed by atoms with Crippen LogP contribution in [-0.4, -0.2) is 17.4 Å². The molecule has 1 aliphatic rings. The lowest BCUT2D eigenvalue weighted by molar-refractivity contribution is -0.133. The predicted molar refractivity (Wildman–Crippen MR) is 72.6 cm³/mol. The van der Waals surface area contributed by atoms with Gasteiger partial charge in [0.05, 0.1) is 0 Å². The molecule has 3 nitrogen and oxygen atoms in total. The molecule has 0 fully saturated rings. The lowest BCUT2D eigenvalue weighted by Gasteiger charge is -2.20. The Balaban J connectivity index is 1.86. The van der Waals surface area contributed by atoms with E-state index >= 15 is 0 Å². The monoisotopic (exact) mass is 271 g/mol. The van der Waals surface area contributed by atoms with Crippen LogP contribution < -0.4 is 4.74 Å².